The first-order chi connectivity index (χ1) is 14.5. The van der Waals surface area contributed by atoms with Crippen molar-refractivity contribution in [3.8, 4) is 17.1 Å². The van der Waals surface area contributed by atoms with E-state index < -0.39 is 0 Å². The van der Waals surface area contributed by atoms with Crippen LogP contribution in [0.5, 0.6) is 5.88 Å². The Hall–Kier alpha value is -2.57. The van der Waals surface area contributed by atoms with Gasteiger partial charge in [0.05, 0.1) is 10.0 Å². The van der Waals surface area contributed by atoms with Crippen LogP contribution in [0, 0.1) is 6.92 Å². The molecular weight excluding hydrogens is 425 g/mol. The molecule has 30 heavy (non-hydrogen) atoms. The Labute approximate surface area is 184 Å². The molecule has 8 heteroatoms. The lowest BCUT2D eigenvalue weighted by Crippen LogP contribution is -2.40. The molecule has 0 atom stereocenters. The van der Waals surface area contributed by atoms with Crippen molar-refractivity contribution in [3.63, 3.8) is 0 Å². The van der Waals surface area contributed by atoms with E-state index >= 15 is 0 Å². The van der Waals surface area contributed by atoms with Gasteiger partial charge in [-0.25, -0.2) is 4.98 Å². The summed E-state index contributed by atoms with van der Waals surface area (Å²) in [6, 6.07) is 10.9. The van der Waals surface area contributed by atoms with Crippen molar-refractivity contribution in [3.05, 3.63) is 64.0 Å². The summed E-state index contributed by atoms with van der Waals surface area (Å²) in [5, 5.41) is 8.28. The Bertz CT molecular complexity index is 1030. The second-order valence-electron chi connectivity index (χ2n) is 7.32. The topological polar surface area (TPSA) is 77.2 Å². The van der Waals surface area contributed by atoms with E-state index in [1.165, 1.54) is 0 Å². The molecule has 1 aliphatic carbocycles. The highest BCUT2D eigenvalue weighted by Crippen LogP contribution is 2.31. The fourth-order valence-corrected chi connectivity index (χ4v) is 4.00. The standard InChI is InChI=1S/C22H21Cl2N3O3/c1-13-20(21(27-30-13)17-4-2-3-5-18(17)24)22(28)26-15-7-9-16(10-8-15)29-19-11-6-14(23)12-25-19/h2-6,11-12,15-16H,7-10H2,1H3,(H,26,28). The van der Waals surface area contributed by atoms with Gasteiger partial charge in [-0.05, 0) is 44.7 Å². The summed E-state index contributed by atoms with van der Waals surface area (Å²) in [5.74, 6) is 0.831. The number of hydrogen-bond donors (Lipinski definition) is 1. The quantitative estimate of drug-likeness (QED) is 0.562. The first-order valence-electron chi connectivity index (χ1n) is 9.81. The van der Waals surface area contributed by atoms with E-state index in [0.717, 1.165) is 25.7 Å². The van der Waals surface area contributed by atoms with Gasteiger partial charge in [0.25, 0.3) is 5.91 Å². The van der Waals surface area contributed by atoms with Gasteiger partial charge in [-0.2, -0.15) is 0 Å². The van der Waals surface area contributed by atoms with Crippen LogP contribution in [0.1, 0.15) is 41.8 Å². The number of rotatable bonds is 5. The molecule has 156 valence electrons. The minimum atomic E-state index is -0.201. The van der Waals surface area contributed by atoms with Crippen LogP contribution in [0.3, 0.4) is 0 Å². The smallest absolute Gasteiger partial charge is 0.257 e. The molecular formula is C22H21Cl2N3O3. The monoisotopic (exact) mass is 445 g/mol. The van der Waals surface area contributed by atoms with Crippen molar-refractivity contribution < 1.29 is 14.1 Å². The Morgan fingerprint density at radius 1 is 1.13 bits per heavy atom. The first kappa shape index (κ1) is 20.7. The molecule has 0 spiro atoms. The van der Waals surface area contributed by atoms with Gasteiger partial charge < -0.3 is 14.6 Å². The molecule has 3 aromatic rings. The predicted octanol–water partition coefficient (Wildman–Crippen LogP) is 5.47. The number of ether oxygens (including phenoxy) is 1. The fourth-order valence-electron chi connectivity index (χ4n) is 3.66. The normalized spacial score (nSPS) is 18.8. The second-order valence-corrected chi connectivity index (χ2v) is 8.17. The molecule has 1 aromatic carbocycles. The van der Waals surface area contributed by atoms with Gasteiger partial charge in [0.15, 0.2) is 0 Å². The van der Waals surface area contributed by atoms with E-state index in [4.69, 9.17) is 32.5 Å². The summed E-state index contributed by atoms with van der Waals surface area (Å²) in [4.78, 5) is 17.2. The van der Waals surface area contributed by atoms with Crippen LogP contribution in [0.15, 0.2) is 47.1 Å². The third-order valence-corrected chi connectivity index (χ3v) is 5.77. The molecule has 1 amide bonds. The largest absolute Gasteiger partial charge is 0.474 e. The SMILES string of the molecule is Cc1onc(-c2ccccc2Cl)c1C(=O)NC1CCC(Oc2ccc(Cl)cn2)CC1. The molecule has 6 nitrogen and oxygen atoms in total. The van der Waals surface area contributed by atoms with Gasteiger partial charge in [-0.3, -0.25) is 4.79 Å². The highest BCUT2D eigenvalue weighted by atomic mass is 35.5. The molecule has 1 N–H and O–H groups in total. The molecule has 1 fully saturated rings. The summed E-state index contributed by atoms with van der Waals surface area (Å²) in [7, 11) is 0. The molecule has 2 heterocycles. The lowest BCUT2D eigenvalue weighted by Gasteiger charge is -2.29. The molecule has 2 aromatic heterocycles. The first-order valence-corrected chi connectivity index (χ1v) is 10.6. The van der Waals surface area contributed by atoms with Crippen LogP contribution >= 0.6 is 23.2 Å². The van der Waals surface area contributed by atoms with E-state index in [1.54, 1.807) is 31.3 Å². The van der Waals surface area contributed by atoms with Crippen LogP contribution in [-0.4, -0.2) is 28.2 Å². The number of amides is 1. The fraction of sp³-hybridized carbons (Fsp3) is 0.318. The van der Waals surface area contributed by atoms with Gasteiger partial charge in [0, 0.05) is 23.9 Å². The summed E-state index contributed by atoms with van der Waals surface area (Å²) in [6.07, 6.45) is 4.93. The van der Waals surface area contributed by atoms with Gasteiger partial charge in [-0.1, -0.05) is 46.6 Å². The number of nitrogens with zero attached hydrogens (tertiary/aromatic N) is 2. The maximum absolute atomic E-state index is 13.0. The van der Waals surface area contributed by atoms with Crippen LogP contribution in [0.4, 0.5) is 0 Å². The summed E-state index contributed by atoms with van der Waals surface area (Å²) >= 11 is 12.1. The van der Waals surface area contributed by atoms with Gasteiger partial charge in [0.1, 0.15) is 23.1 Å². The number of carbonyl (C=O) groups is 1. The number of halogens is 2. The number of aryl methyl sites for hydroxylation is 1. The van der Waals surface area contributed by atoms with Crippen molar-refractivity contribution >= 4 is 29.1 Å². The van der Waals surface area contributed by atoms with E-state index in [2.05, 4.69) is 15.5 Å². The van der Waals surface area contributed by atoms with Crippen LogP contribution < -0.4 is 10.1 Å². The van der Waals surface area contributed by atoms with Crippen LogP contribution in [-0.2, 0) is 0 Å². The Morgan fingerprint density at radius 2 is 1.90 bits per heavy atom. The average molecular weight is 446 g/mol. The van der Waals surface area contributed by atoms with Crippen LogP contribution in [0.2, 0.25) is 10.0 Å². The zero-order valence-electron chi connectivity index (χ0n) is 16.4. The third-order valence-electron chi connectivity index (χ3n) is 5.22. The molecule has 1 saturated carbocycles. The van der Waals surface area contributed by atoms with Crippen LogP contribution in [0.25, 0.3) is 11.3 Å². The number of pyridine rings is 1. The number of aromatic nitrogens is 2. The molecule has 1 aliphatic rings. The Kier molecular flexibility index (Phi) is 6.25. The number of nitrogens with one attached hydrogen (secondary N) is 1. The zero-order valence-corrected chi connectivity index (χ0v) is 17.9. The molecule has 0 radical (unpaired) electrons. The maximum atomic E-state index is 13.0. The lowest BCUT2D eigenvalue weighted by molar-refractivity contribution is 0.0889. The number of carbonyl (C=O) groups excluding carboxylic acids is 1. The second kappa shape index (κ2) is 9.06. The summed E-state index contributed by atoms with van der Waals surface area (Å²) in [6.45, 7) is 1.73. The average Bonchev–Trinajstić information content (AvgIpc) is 3.13. The third kappa shape index (κ3) is 4.60. The minimum Gasteiger partial charge on any atom is -0.474 e. The van der Waals surface area contributed by atoms with Crippen molar-refractivity contribution in [2.45, 2.75) is 44.8 Å². The molecule has 4 rings (SSSR count). The highest BCUT2D eigenvalue weighted by molar-refractivity contribution is 6.33. The molecule has 0 bridgehead atoms. The van der Waals surface area contributed by atoms with E-state index in [9.17, 15) is 4.79 Å². The summed E-state index contributed by atoms with van der Waals surface area (Å²) in [5.41, 5.74) is 1.56. The van der Waals surface area contributed by atoms with Crippen molar-refractivity contribution in [2.24, 2.45) is 0 Å². The Balaban J connectivity index is 1.38. The number of benzene rings is 1. The van der Waals surface area contributed by atoms with E-state index in [1.807, 2.05) is 18.2 Å². The summed E-state index contributed by atoms with van der Waals surface area (Å²) < 4.78 is 11.2. The Morgan fingerprint density at radius 3 is 2.60 bits per heavy atom. The van der Waals surface area contributed by atoms with Crippen molar-refractivity contribution in [1.82, 2.24) is 15.5 Å². The predicted molar refractivity (Wildman–Crippen MR) is 115 cm³/mol. The minimum absolute atomic E-state index is 0.0592. The van der Waals surface area contributed by atoms with E-state index in [-0.39, 0.29) is 18.1 Å². The number of hydrogen-bond acceptors (Lipinski definition) is 5. The molecule has 0 aliphatic heterocycles. The maximum Gasteiger partial charge on any atom is 0.257 e. The van der Waals surface area contributed by atoms with Gasteiger partial charge in [-0.15, -0.1) is 0 Å². The van der Waals surface area contributed by atoms with Crippen molar-refractivity contribution in [2.75, 3.05) is 0 Å². The highest BCUT2D eigenvalue weighted by Gasteiger charge is 2.28. The molecule has 0 saturated heterocycles. The van der Waals surface area contributed by atoms with E-state index in [0.29, 0.717) is 38.5 Å². The lowest BCUT2D eigenvalue weighted by atomic mass is 9.92. The van der Waals surface area contributed by atoms with Gasteiger partial charge >= 0.3 is 0 Å². The zero-order chi connectivity index (χ0) is 21.1. The van der Waals surface area contributed by atoms with Gasteiger partial charge in [0.2, 0.25) is 5.88 Å². The molecule has 0 unspecified atom stereocenters. The van der Waals surface area contributed by atoms with Crippen molar-refractivity contribution in [1.29, 1.82) is 0 Å².